The first-order valence-electron chi connectivity index (χ1n) is 10.3. The van der Waals surface area contributed by atoms with Crippen molar-refractivity contribution in [2.45, 2.75) is 19.8 Å². The van der Waals surface area contributed by atoms with Gasteiger partial charge in [-0.05, 0) is 66.1 Å². The fourth-order valence-electron chi connectivity index (χ4n) is 3.43. The average molecular weight is 526 g/mol. The number of anilines is 1. The number of hydrogen-bond acceptors (Lipinski definition) is 4. The van der Waals surface area contributed by atoms with Crippen LogP contribution in [0, 0.1) is 0 Å². The van der Waals surface area contributed by atoms with Gasteiger partial charge in [0.25, 0.3) is 5.91 Å². The summed E-state index contributed by atoms with van der Waals surface area (Å²) >= 11 is 9.71. The van der Waals surface area contributed by atoms with Crippen LogP contribution in [0.1, 0.15) is 35.9 Å². The third-order valence-corrected chi connectivity index (χ3v) is 5.82. The second-order valence-corrected chi connectivity index (χ2v) is 9.07. The molecule has 0 bridgehead atoms. The van der Waals surface area contributed by atoms with E-state index in [0.717, 1.165) is 32.7 Å². The molecule has 0 spiro atoms. The van der Waals surface area contributed by atoms with Gasteiger partial charge in [0, 0.05) is 20.7 Å². The zero-order valence-corrected chi connectivity index (χ0v) is 20.7. The predicted molar refractivity (Wildman–Crippen MR) is 135 cm³/mol. The van der Waals surface area contributed by atoms with Crippen molar-refractivity contribution < 1.29 is 9.53 Å². The molecular formula is C25H22BrClN4O2. The van der Waals surface area contributed by atoms with Crippen molar-refractivity contribution >= 4 is 39.1 Å². The molecule has 0 aliphatic heterocycles. The summed E-state index contributed by atoms with van der Waals surface area (Å²) in [6.45, 7) is 4.15. The Kier molecular flexibility index (Phi) is 6.81. The molecule has 1 heterocycles. The Hall–Kier alpha value is -3.16. The molecule has 3 aromatic carbocycles. The maximum Gasteiger partial charge on any atom is 0.295 e. The van der Waals surface area contributed by atoms with E-state index >= 15 is 0 Å². The van der Waals surface area contributed by atoms with Crippen LogP contribution >= 0.6 is 27.5 Å². The van der Waals surface area contributed by atoms with Crippen LogP contribution in [0.3, 0.4) is 0 Å². The van der Waals surface area contributed by atoms with Crippen LogP contribution in [0.4, 0.5) is 5.69 Å². The number of hydrogen-bond donors (Lipinski definition) is 1. The number of ether oxygens (including phenoxy) is 1. The smallest absolute Gasteiger partial charge is 0.295 e. The van der Waals surface area contributed by atoms with Crippen molar-refractivity contribution in [2.75, 3.05) is 12.4 Å². The molecule has 4 aromatic rings. The summed E-state index contributed by atoms with van der Waals surface area (Å²) in [6.07, 6.45) is 0. The van der Waals surface area contributed by atoms with Gasteiger partial charge in [0.1, 0.15) is 5.75 Å². The van der Waals surface area contributed by atoms with E-state index in [1.807, 2.05) is 54.6 Å². The average Bonchev–Trinajstić information content (AvgIpc) is 3.26. The molecule has 0 aliphatic carbocycles. The van der Waals surface area contributed by atoms with Crippen LogP contribution in [0.15, 0.2) is 71.2 Å². The Balaban J connectivity index is 1.76. The topological polar surface area (TPSA) is 69.0 Å². The summed E-state index contributed by atoms with van der Waals surface area (Å²) < 4.78 is 7.84. The lowest BCUT2D eigenvalue weighted by atomic mass is 10.0. The third-order valence-electron chi connectivity index (χ3n) is 5.09. The molecule has 4 rings (SSSR count). The van der Waals surface area contributed by atoms with Gasteiger partial charge in [-0.15, -0.1) is 5.10 Å². The van der Waals surface area contributed by atoms with Gasteiger partial charge >= 0.3 is 0 Å². The highest BCUT2D eigenvalue weighted by Crippen LogP contribution is 2.29. The SMILES string of the molecule is COc1ccc(-n2nc(C(=O)Nc3ccc(Br)cc3C(C)C)nc2-c2cccc(Cl)c2)cc1. The number of carbonyl (C=O) groups excluding carboxylic acids is 1. The first kappa shape index (κ1) is 23.0. The molecular weight excluding hydrogens is 504 g/mol. The molecule has 1 N–H and O–H groups in total. The fraction of sp³-hybridized carbons (Fsp3) is 0.160. The molecule has 0 unspecified atom stereocenters. The number of rotatable bonds is 6. The summed E-state index contributed by atoms with van der Waals surface area (Å²) in [4.78, 5) is 17.7. The minimum Gasteiger partial charge on any atom is -0.497 e. The van der Waals surface area contributed by atoms with E-state index in [2.05, 4.69) is 45.2 Å². The first-order valence-corrected chi connectivity index (χ1v) is 11.5. The summed E-state index contributed by atoms with van der Waals surface area (Å²) in [5.41, 5.74) is 3.23. The zero-order chi connectivity index (χ0) is 23.5. The molecule has 8 heteroatoms. The van der Waals surface area contributed by atoms with Gasteiger partial charge in [-0.3, -0.25) is 4.79 Å². The van der Waals surface area contributed by atoms with Crippen LogP contribution in [0.2, 0.25) is 5.02 Å². The molecule has 6 nitrogen and oxygen atoms in total. The fourth-order valence-corrected chi connectivity index (χ4v) is 4.00. The highest BCUT2D eigenvalue weighted by Gasteiger charge is 2.20. The highest BCUT2D eigenvalue weighted by molar-refractivity contribution is 9.10. The number of benzene rings is 3. The van der Waals surface area contributed by atoms with Crippen molar-refractivity contribution in [3.8, 4) is 22.8 Å². The van der Waals surface area contributed by atoms with Crippen LogP contribution in [-0.2, 0) is 0 Å². The van der Waals surface area contributed by atoms with Crippen LogP contribution < -0.4 is 10.1 Å². The molecule has 0 fully saturated rings. The van der Waals surface area contributed by atoms with E-state index in [4.69, 9.17) is 16.3 Å². The lowest BCUT2D eigenvalue weighted by Gasteiger charge is -2.13. The predicted octanol–water partition coefficient (Wildman–Crippen LogP) is 6.73. The Morgan fingerprint density at radius 3 is 2.52 bits per heavy atom. The van der Waals surface area contributed by atoms with Crippen LogP contribution in [0.25, 0.3) is 17.1 Å². The molecule has 1 aromatic heterocycles. The van der Waals surface area contributed by atoms with Gasteiger partial charge in [0.15, 0.2) is 5.82 Å². The van der Waals surface area contributed by atoms with Crippen molar-refractivity contribution in [1.82, 2.24) is 14.8 Å². The summed E-state index contributed by atoms with van der Waals surface area (Å²) in [6, 6.07) is 20.4. The van der Waals surface area contributed by atoms with E-state index < -0.39 is 5.91 Å². The number of nitrogens with one attached hydrogen (secondary N) is 1. The molecule has 33 heavy (non-hydrogen) atoms. The maximum atomic E-state index is 13.2. The van der Waals surface area contributed by atoms with E-state index in [1.54, 1.807) is 23.9 Å². The third kappa shape index (κ3) is 5.10. The quantitative estimate of drug-likeness (QED) is 0.303. The number of halogens is 2. The molecule has 168 valence electrons. The first-order chi connectivity index (χ1) is 15.9. The standard InChI is InChI=1S/C25H22BrClN4O2/c1-15(2)21-14-17(26)7-12-22(21)28-25(32)23-29-24(16-5-4-6-18(27)13-16)31(30-23)19-8-10-20(33-3)11-9-19/h4-15H,1-3H3,(H,28,32). The molecule has 0 saturated heterocycles. The number of nitrogens with zero attached hydrogens (tertiary/aromatic N) is 3. The zero-order valence-electron chi connectivity index (χ0n) is 18.3. The van der Waals surface area contributed by atoms with E-state index in [-0.39, 0.29) is 11.7 Å². The number of methoxy groups -OCH3 is 1. The lowest BCUT2D eigenvalue weighted by molar-refractivity contribution is 0.101. The lowest BCUT2D eigenvalue weighted by Crippen LogP contribution is -2.16. The van der Waals surface area contributed by atoms with Gasteiger partial charge in [0.2, 0.25) is 5.82 Å². The van der Waals surface area contributed by atoms with E-state index in [1.165, 1.54) is 0 Å². The largest absolute Gasteiger partial charge is 0.497 e. The maximum absolute atomic E-state index is 13.2. The second kappa shape index (κ2) is 9.77. The normalized spacial score (nSPS) is 11.0. The number of amides is 1. The van der Waals surface area contributed by atoms with Crippen molar-refractivity contribution in [3.05, 3.63) is 87.6 Å². The van der Waals surface area contributed by atoms with Gasteiger partial charge < -0.3 is 10.1 Å². The van der Waals surface area contributed by atoms with E-state index in [9.17, 15) is 4.79 Å². The van der Waals surface area contributed by atoms with Crippen LogP contribution in [-0.4, -0.2) is 27.8 Å². The van der Waals surface area contributed by atoms with Crippen molar-refractivity contribution in [3.63, 3.8) is 0 Å². The summed E-state index contributed by atoms with van der Waals surface area (Å²) in [5, 5.41) is 8.06. The molecule has 0 radical (unpaired) electrons. The van der Waals surface area contributed by atoms with Crippen LogP contribution in [0.5, 0.6) is 5.75 Å². The van der Waals surface area contributed by atoms with Crippen molar-refractivity contribution in [2.24, 2.45) is 0 Å². The highest BCUT2D eigenvalue weighted by atomic mass is 79.9. The summed E-state index contributed by atoms with van der Waals surface area (Å²) in [7, 11) is 1.61. The van der Waals surface area contributed by atoms with Gasteiger partial charge in [-0.2, -0.15) is 0 Å². The van der Waals surface area contributed by atoms with Crippen molar-refractivity contribution in [1.29, 1.82) is 0 Å². The van der Waals surface area contributed by atoms with Gasteiger partial charge in [0.05, 0.1) is 12.8 Å². The number of aromatic nitrogens is 3. The van der Waals surface area contributed by atoms with E-state index in [0.29, 0.717) is 10.8 Å². The molecule has 1 amide bonds. The molecule has 0 aliphatic rings. The van der Waals surface area contributed by atoms with Gasteiger partial charge in [-0.25, -0.2) is 9.67 Å². The Morgan fingerprint density at radius 2 is 1.85 bits per heavy atom. The molecule has 0 atom stereocenters. The number of carbonyl (C=O) groups is 1. The minimum atomic E-state index is -0.394. The Morgan fingerprint density at radius 1 is 1.09 bits per heavy atom. The summed E-state index contributed by atoms with van der Waals surface area (Å²) in [5.74, 6) is 1.11. The Bertz CT molecular complexity index is 1300. The monoisotopic (exact) mass is 524 g/mol. The van der Waals surface area contributed by atoms with Gasteiger partial charge in [-0.1, -0.05) is 53.5 Å². The minimum absolute atomic E-state index is 0.0541. The second-order valence-electron chi connectivity index (χ2n) is 7.72. The molecule has 0 saturated carbocycles. The Labute approximate surface area is 205 Å².